The largest absolute Gasteiger partial charge is 0.768 e. The number of hydrogen-bond donors (Lipinski definition) is 0. The second-order valence-electron chi connectivity index (χ2n) is 3.51. The van der Waals surface area contributed by atoms with Crippen LogP contribution in [0.3, 0.4) is 0 Å². The Labute approximate surface area is 108 Å². The molecule has 0 radical (unpaired) electrons. The molecule has 0 aliphatic rings. The minimum atomic E-state index is -2.42. The van der Waals surface area contributed by atoms with E-state index in [0.717, 1.165) is 11.6 Å². The van der Waals surface area contributed by atoms with Gasteiger partial charge < -0.3 is 14.0 Å². The highest BCUT2D eigenvalue weighted by Crippen LogP contribution is 2.24. The molecular formula is C12H13O5S-. The van der Waals surface area contributed by atoms with Crippen LogP contribution in [0.4, 0.5) is 0 Å². The molecular weight excluding hydrogens is 256 g/mol. The quantitative estimate of drug-likeness (QED) is 0.352. The molecule has 18 heavy (non-hydrogen) atoms. The van der Waals surface area contributed by atoms with Gasteiger partial charge in [0.2, 0.25) is 6.29 Å². The van der Waals surface area contributed by atoms with Gasteiger partial charge >= 0.3 is 5.97 Å². The summed E-state index contributed by atoms with van der Waals surface area (Å²) in [6.45, 7) is 6.54. The van der Waals surface area contributed by atoms with Gasteiger partial charge in [0.15, 0.2) is 0 Å². The van der Waals surface area contributed by atoms with Crippen molar-refractivity contribution in [2.75, 3.05) is 0 Å². The van der Waals surface area contributed by atoms with Crippen molar-refractivity contribution in [3.8, 4) is 5.75 Å². The Bertz CT molecular complexity index is 483. The average Bonchev–Trinajstić information content (AvgIpc) is 2.28. The SMILES string of the molecule is C=CC(=O)OC(C)Oc1cc(C)ccc1S(=O)[O-]. The average molecular weight is 269 g/mol. The fourth-order valence-corrected chi connectivity index (χ4v) is 1.71. The Morgan fingerprint density at radius 1 is 1.56 bits per heavy atom. The van der Waals surface area contributed by atoms with Crippen LogP contribution in [0, 0.1) is 6.92 Å². The third-order valence-corrected chi connectivity index (χ3v) is 2.72. The first kappa shape index (κ1) is 14.4. The summed E-state index contributed by atoms with van der Waals surface area (Å²) in [5.41, 5.74) is 0.835. The van der Waals surface area contributed by atoms with E-state index in [0.29, 0.717) is 0 Å². The molecule has 0 N–H and O–H groups in total. The van der Waals surface area contributed by atoms with Crippen molar-refractivity contribution >= 4 is 17.0 Å². The monoisotopic (exact) mass is 269 g/mol. The Kier molecular flexibility index (Phi) is 5.06. The lowest BCUT2D eigenvalue weighted by atomic mass is 10.2. The first-order valence-corrected chi connectivity index (χ1v) is 6.21. The van der Waals surface area contributed by atoms with Crippen LogP contribution in [0.5, 0.6) is 5.75 Å². The van der Waals surface area contributed by atoms with Crippen LogP contribution in [0.15, 0.2) is 35.7 Å². The lowest BCUT2D eigenvalue weighted by molar-refractivity contribution is -0.155. The summed E-state index contributed by atoms with van der Waals surface area (Å²) >= 11 is -2.42. The third kappa shape index (κ3) is 3.97. The highest BCUT2D eigenvalue weighted by molar-refractivity contribution is 7.79. The number of hydrogen-bond acceptors (Lipinski definition) is 5. The molecule has 2 atom stereocenters. The van der Waals surface area contributed by atoms with Gasteiger partial charge in [0, 0.05) is 13.0 Å². The Morgan fingerprint density at radius 2 is 2.22 bits per heavy atom. The van der Waals surface area contributed by atoms with Crippen LogP contribution in [-0.2, 0) is 20.6 Å². The van der Waals surface area contributed by atoms with E-state index in [1.54, 1.807) is 19.1 Å². The molecule has 0 amide bonds. The van der Waals surface area contributed by atoms with Gasteiger partial charge in [-0.05, 0) is 35.7 Å². The van der Waals surface area contributed by atoms with Gasteiger partial charge in [-0.1, -0.05) is 12.6 Å². The van der Waals surface area contributed by atoms with Gasteiger partial charge in [0.25, 0.3) is 0 Å². The predicted molar refractivity (Wildman–Crippen MR) is 64.7 cm³/mol. The minimum absolute atomic E-state index is 0.0158. The van der Waals surface area contributed by atoms with E-state index >= 15 is 0 Å². The topological polar surface area (TPSA) is 75.7 Å². The zero-order valence-corrected chi connectivity index (χ0v) is 10.9. The number of benzene rings is 1. The minimum Gasteiger partial charge on any atom is -0.768 e. The summed E-state index contributed by atoms with van der Waals surface area (Å²) in [4.78, 5) is 11.0. The summed E-state index contributed by atoms with van der Waals surface area (Å²) in [6, 6.07) is 4.64. The van der Waals surface area contributed by atoms with Crippen LogP contribution in [-0.4, -0.2) is 21.0 Å². The number of esters is 1. The molecule has 2 unspecified atom stereocenters. The molecule has 0 saturated heterocycles. The molecule has 0 heterocycles. The van der Waals surface area contributed by atoms with Crippen molar-refractivity contribution in [1.29, 1.82) is 0 Å². The number of aryl methyl sites for hydroxylation is 1. The van der Waals surface area contributed by atoms with E-state index in [1.807, 2.05) is 0 Å². The molecule has 0 aliphatic heterocycles. The van der Waals surface area contributed by atoms with E-state index in [4.69, 9.17) is 9.47 Å². The van der Waals surface area contributed by atoms with Crippen LogP contribution in [0.1, 0.15) is 12.5 Å². The third-order valence-electron chi connectivity index (χ3n) is 2.02. The lowest BCUT2D eigenvalue weighted by Crippen LogP contribution is -2.20. The van der Waals surface area contributed by atoms with Gasteiger partial charge in [-0.15, -0.1) is 0 Å². The Balaban J connectivity index is 2.88. The van der Waals surface area contributed by atoms with Crippen molar-refractivity contribution in [3.05, 3.63) is 36.4 Å². The van der Waals surface area contributed by atoms with Crippen molar-refractivity contribution in [2.45, 2.75) is 25.0 Å². The molecule has 0 aromatic heterocycles. The fourth-order valence-electron chi connectivity index (χ4n) is 1.26. The standard InChI is InChI=1S/C12H14O5S/c1-4-12(13)17-9(3)16-10-7-8(2)5-6-11(10)18(14)15/h4-7,9H,1H2,2-3H3,(H,14,15)/p-1. The second kappa shape index (κ2) is 6.32. The van der Waals surface area contributed by atoms with Crippen LogP contribution >= 0.6 is 0 Å². The highest BCUT2D eigenvalue weighted by Gasteiger charge is 2.12. The first-order chi connectivity index (χ1) is 8.43. The van der Waals surface area contributed by atoms with Crippen LogP contribution in [0.2, 0.25) is 0 Å². The maximum absolute atomic E-state index is 11.0. The van der Waals surface area contributed by atoms with E-state index in [-0.39, 0.29) is 10.6 Å². The van der Waals surface area contributed by atoms with Crippen molar-refractivity contribution in [2.24, 2.45) is 0 Å². The molecule has 0 bridgehead atoms. The molecule has 5 nitrogen and oxygen atoms in total. The molecule has 0 saturated carbocycles. The predicted octanol–water partition coefficient (Wildman–Crippen LogP) is 1.69. The number of carbonyl (C=O) groups is 1. The molecule has 1 aromatic rings. The summed E-state index contributed by atoms with van der Waals surface area (Å²) < 4.78 is 32.1. The molecule has 0 aliphatic carbocycles. The van der Waals surface area contributed by atoms with E-state index in [1.165, 1.54) is 13.0 Å². The summed E-state index contributed by atoms with van der Waals surface area (Å²) in [6.07, 6.45) is 0.0996. The highest BCUT2D eigenvalue weighted by atomic mass is 32.2. The van der Waals surface area contributed by atoms with E-state index in [9.17, 15) is 13.6 Å². The van der Waals surface area contributed by atoms with Crippen molar-refractivity contribution < 1.29 is 23.0 Å². The van der Waals surface area contributed by atoms with Gasteiger partial charge in [-0.3, -0.25) is 4.21 Å². The van der Waals surface area contributed by atoms with E-state index in [2.05, 4.69) is 6.58 Å². The van der Waals surface area contributed by atoms with Crippen LogP contribution in [0.25, 0.3) is 0 Å². The Morgan fingerprint density at radius 3 is 2.78 bits per heavy atom. The lowest BCUT2D eigenvalue weighted by Gasteiger charge is -2.18. The maximum Gasteiger partial charge on any atom is 0.333 e. The number of rotatable bonds is 5. The van der Waals surface area contributed by atoms with Gasteiger partial charge in [0.1, 0.15) is 5.75 Å². The van der Waals surface area contributed by atoms with Gasteiger partial charge in [0.05, 0.1) is 4.90 Å². The molecule has 0 spiro atoms. The van der Waals surface area contributed by atoms with Gasteiger partial charge in [-0.25, -0.2) is 4.79 Å². The first-order valence-electron chi connectivity index (χ1n) is 5.13. The Hall–Kier alpha value is -1.66. The van der Waals surface area contributed by atoms with Crippen LogP contribution < -0.4 is 4.74 Å². The fraction of sp³-hybridized carbons (Fsp3) is 0.250. The zero-order valence-electron chi connectivity index (χ0n) is 10.0. The molecule has 1 rings (SSSR count). The number of ether oxygens (including phenoxy) is 2. The zero-order chi connectivity index (χ0) is 13.7. The summed E-state index contributed by atoms with van der Waals surface area (Å²) in [7, 11) is 0. The molecule has 98 valence electrons. The van der Waals surface area contributed by atoms with Crippen molar-refractivity contribution in [1.82, 2.24) is 0 Å². The summed E-state index contributed by atoms with van der Waals surface area (Å²) in [5.74, 6) is -0.493. The molecule has 0 fully saturated rings. The smallest absolute Gasteiger partial charge is 0.333 e. The molecule has 1 aromatic carbocycles. The summed E-state index contributed by atoms with van der Waals surface area (Å²) in [5, 5.41) is 0. The normalized spacial score (nSPS) is 13.5. The second-order valence-corrected chi connectivity index (χ2v) is 4.42. The van der Waals surface area contributed by atoms with E-state index < -0.39 is 23.3 Å². The maximum atomic E-state index is 11.0. The number of carbonyl (C=O) groups excluding carboxylic acids is 1. The van der Waals surface area contributed by atoms with Gasteiger partial charge in [-0.2, -0.15) is 0 Å². The van der Waals surface area contributed by atoms with Crippen molar-refractivity contribution in [3.63, 3.8) is 0 Å². The molecule has 6 heteroatoms.